The summed E-state index contributed by atoms with van der Waals surface area (Å²) in [6, 6.07) is 3.37. The van der Waals surface area contributed by atoms with E-state index in [1.165, 1.54) is 17.6 Å². The number of hydrogen-bond donors (Lipinski definition) is 0. The Hall–Kier alpha value is -1.78. The van der Waals surface area contributed by atoms with Crippen LogP contribution in [0.5, 0.6) is 17.2 Å². The molecule has 134 valence electrons. The first-order valence-electron chi connectivity index (χ1n) is 8.59. The number of ether oxygens (including phenoxy) is 3. The van der Waals surface area contributed by atoms with Crippen LogP contribution in [0.15, 0.2) is 12.1 Å². The Bertz CT molecular complexity index is 561. The van der Waals surface area contributed by atoms with E-state index in [0.717, 1.165) is 18.4 Å². The van der Waals surface area contributed by atoms with E-state index in [1.807, 2.05) is 32.9 Å². The van der Waals surface area contributed by atoms with Gasteiger partial charge in [0.15, 0.2) is 0 Å². The molecule has 1 atom stereocenters. The van der Waals surface area contributed by atoms with Gasteiger partial charge in [-0.15, -0.1) is 0 Å². The smallest absolute Gasteiger partial charge is 0.236 e. The zero-order chi connectivity index (χ0) is 17.9. The van der Waals surface area contributed by atoms with Crippen LogP contribution in [0.25, 0.3) is 0 Å². The van der Waals surface area contributed by atoms with Crippen LogP contribution in [-0.4, -0.2) is 31.6 Å². The standard InChI is InChI=1S/C19H30NO4/c1-19(2,3)20(21)18(13-9-7-8-10-13)17-15(23-5)11-14(22-4)12-16(17)24-6/h11-13,18H,7-10H2,1-6H3/q+1. The minimum absolute atomic E-state index is 0.289. The van der Waals surface area contributed by atoms with E-state index in [0.29, 0.717) is 23.2 Å². The van der Waals surface area contributed by atoms with Crippen LogP contribution in [0.4, 0.5) is 0 Å². The van der Waals surface area contributed by atoms with Gasteiger partial charge < -0.3 is 14.2 Å². The Morgan fingerprint density at radius 1 is 1.00 bits per heavy atom. The van der Waals surface area contributed by atoms with Gasteiger partial charge in [0, 0.05) is 48.5 Å². The van der Waals surface area contributed by atoms with E-state index >= 15 is 0 Å². The SMILES string of the molecule is COc1cc(OC)c(C(C2CCCC2)[N+](=O)C(C)(C)C)c(OC)c1. The average molecular weight is 336 g/mol. The maximum absolute atomic E-state index is 13.2. The molecule has 0 radical (unpaired) electrons. The van der Waals surface area contributed by atoms with E-state index in [1.54, 1.807) is 21.3 Å². The molecule has 1 aromatic carbocycles. The molecule has 1 saturated carbocycles. The molecule has 0 saturated heterocycles. The summed E-state index contributed by atoms with van der Waals surface area (Å²) < 4.78 is 17.8. The summed E-state index contributed by atoms with van der Waals surface area (Å²) >= 11 is 0. The molecule has 0 amide bonds. The van der Waals surface area contributed by atoms with Gasteiger partial charge in [0.05, 0.1) is 21.3 Å². The zero-order valence-electron chi connectivity index (χ0n) is 15.7. The Labute approximate surface area is 144 Å². The first-order chi connectivity index (χ1) is 11.3. The highest BCUT2D eigenvalue weighted by Gasteiger charge is 2.47. The number of nitroso groups, excluding NO2 is 1. The van der Waals surface area contributed by atoms with Gasteiger partial charge in [0.25, 0.3) is 0 Å². The monoisotopic (exact) mass is 336 g/mol. The third-order valence-corrected chi connectivity index (χ3v) is 4.81. The van der Waals surface area contributed by atoms with Crippen LogP contribution in [-0.2, 0) is 0 Å². The number of benzene rings is 1. The van der Waals surface area contributed by atoms with E-state index in [-0.39, 0.29) is 6.04 Å². The average Bonchev–Trinajstić information content (AvgIpc) is 3.08. The highest BCUT2D eigenvalue weighted by Crippen LogP contribution is 2.47. The topological polar surface area (TPSA) is 47.8 Å². The Balaban J connectivity index is 2.62. The third kappa shape index (κ3) is 3.65. The largest absolute Gasteiger partial charge is 0.496 e. The van der Waals surface area contributed by atoms with Crippen molar-refractivity contribution in [3.63, 3.8) is 0 Å². The molecule has 0 aromatic heterocycles. The quantitative estimate of drug-likeness (QED) is 0.717. The van der Waals surface area contributed by atoms with Crippen LogP contribution in [0.2, 0.25) is 0 Å². The normalized spacial score (nSPS) is 16.8. The maximum Gasteiger partial charge on any atom is 0.236 e. The number of nitrogens with zero attached hydrogens (tertiary/aromatic N) is 1. The Kier molecular flexibility index (Phi) is 5.73. The van der Waals surface area contributed by atoms with E-state index in [4.69, 9.17) is 14.2 Å². The van der Waals surface area contributed by atoms with Crippen molar-refractivity contribution in [3.8, 4) is 17.2 Å². The molecule has 0 bridgehead atoms. The fraction of sp³-hybridized carbons (Fsp3) is 0.684. The van der Waals surface area contributed by atoms with Gasteiger partial charge in [-0.1, -0.05) is 12.8 Å². The minimum atomic E-state index is -0.497. The maximum atomic E-state index is 13.2. The summed E-state index contributed by atoms with van der Waals surface area (Å²) in [7, 11) is 4.85. The van der Waals surface area contributed by atoms with Gasteiger partial charge in [-0.05, 0) is 12.8 Å². The molecular weight excluding hydrogens is 306 g/mol. The summed E-state index contributed by atoms with van der Waals surface area (Å²) in [5, 5.41) is 0. The lowest BCUT2D eigenvalue weighted by Gasteiger charge is -2.25. The van der Waals surface area contributed by atoms with E-state index < -0.39 is 5.54 Å². The fourth-order valence-electron chi connectivity index (χ4n) is 3.56. The molecule has 1 aliphatic carbocycles. The van der Waals surface area contributed by atoms with Gasteiger partial charge in [-0.3, -0.25) is 0 Å². The van der Waals surface area contributed by atoms with E-state index in [2.05, 4.69) is 0 Å². The predicted molar refractivity (Wildman–Crippen MR) is 94.2 cm³/mol. The molecule has 0 N–H and O–H groups in total. The molecule has 5 nitrogen and oxygen atoms in total. The third-order valence-electron chi connectivity index (χ3n) is 4.81. The van der Waals surface area contributed by atoms with Crippen LogP contribution in [0.1, 0.15) is 58.1 Å². The lowest BCUT2D eigenvalue weighted by Crippen LogP contribution is -2.37. The van der Waals surface area contributed by atoms with Gasteiger partial charge in [0.1, 0.15) is 22.8 Å². The summed E-state index contributed by atoms with van der Waals surface area (Å²) in [4.78, 5) is 13.2. The van der Waals surface area contributed by atoms with Crippen LogP contribution < -0.4 is 14.2 Å². The van der Waals surface area contributed by atoms with Crippen molar-refractivity contribution in [1.29, 1.82) is 0 Å². The molecule has 2 rings (SSSR count). The lowest BCUT2D eigenvalue weighted by molar-refractivity contribution is -0.661. The molecular formula is C19H30NO4+. The molecule has 0 aliphatic heterocycles. The minimum Gasteiger partial charge on any atom is -0.496 e. The number of rotatable bonds is 6. The van der Waals surface area contributed by atoms with Crippen molar-refractivity contribution < 1.29 is 19.0 Å². The molecule has 0 heterocycles. The van der Waals surface area contributed by atoms with Crippen LogP contribution in [0, 0.1) is 10.8 Å². The summed E-state index contributed by atoms with van der Waals surface area (Å²) in [6.45, 7) is 5.85. The second-order valence-electron chi connectivity index (χ2n) is 7.43. The highest BCUT2D eigenvalue weighted by molar-refractivity contribution is 5.52. The second-order valence-corrected chi connectivity index (χ2v) is 7.43. The first-order valence-corrected chi connectivity index (χ1v) is 8.59. The van der Waals surface area contributed by atoms with Crippen molar-refractivity contribution in [3.05, 3.63) is 22.6 Å². The lowest BCUT2D eigenvalue weighted by atomic mass is 9.88. The van der Waals surface area contributed by atoms with Gasteiger partial charge in [0.2, 0.25) is 11.6 Å². The predicted octanol–water partition coefficient (Wildman–Crippen LogP) is 4.52. The molecule has 1 aliphatic rings. The van der Waals surface area contributed by atoms with Gasteiger partial charge in [-0.25, -0.2) is 0 Å². The zero-order valence-corrected chi connectivity index (χ0v) is 15.7. The first kappa shape index (κ1) is 18.6. The van der Waals surface area contributed by atoms with Gasteiger partial charge >= 0.3 is 0 Å². The summed E-state index contributed by atoms with van der Waals surface area (Å²) in [6.07, 6.45) is 4.44. The fourth-order valence-corrected chi connectivity index (χ4v) is 3.56. The number of hydrogen-bond acceptors (Lipinski definition) is 4. The molecule has 1 fully saturated rings. The molecule has 0 spiro atoms. The van der Waals surface area contributed by atoms with Crippen molar-refractivity contribution in [2.45, 2.75) is 58.0 Å². The molecule has 24 heavy (non-hydrogen) atoms. The highest BCUT2D eigenvalue weighted by atomic mass is 16.5. The molecule has 1 aromatic rings. The Morgan fingerprint density at radius 3 is 1.88 bits per heavy atom. The van der Waals surface area contributed by atoms with E-state index in [9.17, 15) is 4.91 Å². The summed E-state index contributed by atoms with van der Waals surface area (Å²) in [5.41, 5.74) is 0.334. The molecule has 5 heteroatoms. The second kappa shape index (κ2) is 7.41. The molecule has 1 unspecified atom stereocenters. The van der Waals surface area contributed by atoms with Crippen molar-refractivity contribution in [2.24, 2.45) is 5.92 Å². The van der Waals surface area contributed by atoms with Crippen LogP contribution >= 0.6 is 0 Å². The number of methoxy groups -OCH3 is 3. The van der Waals surface area contributed by atoms with Gasteiger partial charge in [-0.2, -0.15) is 0 Å². The Morgan fingerprint density at radius 2 is 1.50 bits per heavy atom. The summed E-state index contributed by atoms with van der Waals surface area (Å²) in [5.74, 6) is 2.25. The van der Waals surface area contributed by atoms with Crippen molar-refractivity contribution in [2.75, 3.05) is 21.3 Å². The van der Waals surface area contributed by atoms with Crippen molar-refractivity contribution in [1.82, 2.24) is 0 Å². The van der Waals surface area contributed by atoms with Crippen molar-refractivity contribution >= 4 is 0 Å². The van der Waals surface area contributed by atoms with Crippen LogP contribution in [0.3, 0.4) is 0 Å².